The minimum Gasteiger partial charge on any atom is -1.00 e. The number of amides is 4. The molecule has 19 heteroatoms. The Labute approximate surface area is 239 Å². The summed E-state index contributed by atoms with van der Waals surface area (Å²) in [5.41, 5.74) is 10.0. The number of hydrogen-bond donors (Lipinski definition) is 4. The number of nitrogens with two attached hydrogens (primary N) is 2. The van der Waals surface area contributed by atoms with Crippen molar-refractivity contribution in [3.63, 3.8) is 0 Å². The van der Waals surface area contributed by atoms with Crippen LogP contribution in [0.25, 0.3) is 0 Å². The molecule has 0 spiro atoms. The summed E-state index contributed by atoms with van der Waals surface area (Å²) in [7, 11) is -5.01. The van der Waals surface area contributed by atoms with E-state index in [1.807, 2.05) is 0 Å². The number of rotatable bonds is 9. The van der Waals surface area contributed by atoms with Crippen molar-refractivity contribution in [1.82, 2.24) is 19.5 Å². The van der Waals surface area contributed by atoms with Crippen LogP contribution < -0.4 is 46.3 Å². The van der Waals surface area contributed by atoms with E-state index in [1.165, 1.54) is 5.38 Å². The van der Waals surface area contributed by atoms with Crippen molar-refractivity contribution in [3.05, 3.63) is 11.1 Å². The molecule has 0 aliphatic carbocycles. The van der Waals surface area contributed by atoms with Gasteiger partial charge in [-0.05, 0) is 12.8 Å². The minimum absolute atomic E-state index is 0. The number of anilines is 1. The Balaban J connectivity index is 0.00000361. The largest absolute Gasteiger partial charge is 1.00 e. The van der Waals surface area contributed by atoms with E-state index in [-0.39, 0.29) is 52.0 Å². The number of thiazole rings is 1. The van der Waals surface area contributed by atoms with Crippen LogP contribution >= 0.6 is 11.3 Å². The summed E-state index contributed by atoms with van der Waals surface area (Å²) in [5.74, 6) is -2.54. The molecule has 0 unspecified atom stereocenters. The molecular weight excluding hydrogens is 545 g/mol. The number of hydrogen-bond acceptors (Lipinski definition) is 12. The van der Waals surface area contributed by atoms with Crippen LogP contribution in [0.4, 0.5) is 9.93 Å². The van der Waals surface area contributed by atoms with Gasteiger partial charge in [-0.2, -0.15) is 8.42 Å². The molecule has 2 saturated heterocycles. The average Bonchev–Trinajstić information content (AvgIpc) is 3.04. The number of nitrogen functional groups attached to an aromatic ring is 1. The molecule has 4 amide bonds. The van der Waals surface area contributed by atoms with Gasteiger partial charge in [-0.3, -0.25) is 18.9 Å². The molecular formula is C18H26N7NaO9S2. The molecule has 2 fully saturated rings. The van der Waals surface area contributed by atoms with E-state index in [0.717, 1.165) is 37.0 Å². The monoisotopic (exact) mass is 571 g/mol. The molecule has 0 radical (unpaired) electrons. The van der Waals surface area contributed by atoms with Crippen molar-refractivity contribution in [2.45, 2.75) is 37.8 Å². The van der Waals surface area contributed by atoms with Crippen LogP contribution in [0.5, 0.6) is 0 Å². The molecule has 2 aliphatic heterocycles. The van der Waals surface area contributed by atoms with Crippen molar-refractivity contribution >= 4 is 56.3 Å². The van der Waals surface area contributed by atoms with Gasteiger partial charge in [0, 0.05) is 18.5 Å². The van der Waals surface area contributed by atoms with Gasteiger partial charge in [0.05, 0.1) is 0 Å². The number of carbonyl (C=O) groups is 4. The number of carbonyl (C=O) groups excluding carboxylic acids is 4. The number of ether oxygens (including phenoxy) is 1. The zero-order chi connectivity index (χ0) is 26.5. The molecule has 0 saturated carbocycles. The molecule has 1 aromatic heterocycles. The van der Waals surface area contributed by atoms with E-state index < -0.39 is 59.2 Å². The van der Waals surface area contributed by atoms with Crippen LogP contribution in [0.1, 0.15) is 32.8 Å². The number of primary amides is 1. The van der Waals surface area contributed by atoms with Gasteiger partial charge in [0.2, 0.25) is 0 Å². The fourth-order valence-electron chi connectivity index (χ4n) is 3.67. The van der Waals surface area contributed by atoms with E-state index in [2.05, 4.69) is 20.2 Å². The summed E-state index contributed by atoms with van der Waals surface area (Å²) in [6, 6.07) is -3.00. The Morgan fingerprint density at radius 2 is 1.92 bits per heavy atom. The third-order valence-corrected chi connectivity index (χ3v) is 7.00. The van der Waals surface area contributed by atoms with Crippen LogP contribution in [0, 0.1) is 0 Å². The second kappa shape index (κ2) is 13.3. The molecule has 3 rings (SSSR count). The maximum absolute atomic E-state index is 13.0. The van der Waals surface area contributed by atoms with E-state index in [1.54, 1.807) is 4.90 Å². The van der Waals surface area contributed by atoms with Gasteiger partial charge in [-0.25, -0.2) is 14.1 Å². The number of likely N-dealkylation sites (tertiary alicyclic amines) is 1. The van der Waals surface area contributed by atoms with Crippen LogP contribution in [-0.4, -0.2) is 95.1 Å². The van der Waals surface area contributed by atoms with Crippen molar-refractivity contribution in [3.8, 4) is 0 Å². The zero-order valence-corrected chi connectivity index (χ0v) is 23.5. The molecule has 37 heavy (non-hydrogen) atoms. The second-order valence-electron chi connectivity index (χ2n) is 7.84. The predicted octanol–water partition coefficient (Wildman–Crippen LogP) is -4.44. The first-order valence-corrected chi connectivity index (χ1v) is 13.0. The van der Waals surface area contributed by atoms with Crippen LogP contribution in [0.15, 0.2) is 10.5 Å². The SMILES string of the molecule is NC(=O)OC[C@@H]1[C@H](NC(=O)/C(=N\OCC(=O)N2CCCCCC2)c2csc(N)n2)C(=O)N1S(=O)(=O)O.[H-].[Na+]. The first-order chi connectivity index (χ1) is 17.0. The Morgan fingerprint density at radius 3 is 2.46 bits per heavy atom. The Bertz CT molecular complexity index is 1160. The summed E-state index contributed by atoms with van der Waals surface area (Å²) >= 11 is 0.986. The third-order valence-electron chi connectivity index (χ3n) is 5.38. The first kappa shape index (κ1) is 30.7. The summed E-state index contributed by atoms with van der Waals surface area (Å²) in [4.78, 5) is 59.3. The molecule has 6 N–H and O–H groups in total. The predicted molar refractivity (Wildman–Crippen MR) is 125 cm³/mol. The van der Waals surface area contributed by atoms with E-state index in [0.29, 0.717) is 13.1 Å². The Hall–Kier alpha value is -2.51. The first-order valence-electron chi connectivity index (χ1n) is 10.7. The summed E-state index contributed by atoms with van der Waals surface area (Å²) in [6.45, 7) is -0.0114. The fraction of sp³-hybridized carbons (Fsp3) is 0.556. The van der Waals surface area contributed by atoms with Crippen LogP contribution in [0.2, 0.25) is 0 Å². The molecule has 16 nitrogen and oxygen atoms in total. The minimum atomic E-state index is -5.01. The van der Waals surface area contributed by atoms with Crippen molar-refractivity contribution in [2.24, 2.45) is 10.9 Å². The quantitative estimate of drug-likeness (QED) is 0.0725. The maximum atomic E-state index is 13.0. The van der Waals surface area contributed by atoms with Crippen molar-refractivity contribution < 1.29 is 72.7 Å². The molecule has 200 valence electrons. The summed E-state index contributed by atoms with van der Waals surface area (Å²) in [5, 5.41) is 7.43. The van der Waals surface area contributed by atoms with Gasteiger partial charge in [0.15, 0.2) is 17.5 Å². The smallest absolute Gasteiger partial charge is 1.00 e. The molecule has 1 aromatic rings. The summed E-state index contributed by atoms with van der Waals surface area (Å²) < 4.78 is 36.8. The zero-order valence-electron chi connectivity index (χ0n) is 20.9. The van der Waals surface area contributed by atoms with Gasteiger partial charge < -0.3 is 32.7 Å². The van der Waals surface area contributed by atoms with Crippen molar-refractivity contribution in [2.75, 3.05) is 32.0 Å². The van der Waals surface area contributed by atoms with Crippen molar-refractivity contribution in [1.29, 1.82) is 0 Å². The third kappa shape index (κ3) is 7.99. The van der Waals surface area contributed by atoms with E-state index in [4.69, 9.17) is 16.3 Å². The molecule has 0 aromatic carbocycles. The number of nitrogens with zero attached hydrogens (tertiary/aromatic N) is 4. The van der Waals surface area contributed by atoms with E-state index in [9.17, 15) is 32.1 Å². The number of aromatic nitrogens is 1. The van der Waals surface area contributed by atoms with Gasteiger partial charge in [-0.15, -0.1) is 11.3 Å². The number of nitrogens with one attached hydrogen (secondary N) is 1. The summed E-state index contributed by atoms with van der Waals surface area (Å²) in [6.07, 6.45) is 2.53. The molecule has 3 heterocycles. The van der Waals surface area contributed by atoms with Gasteiger partial charge in [-0.1, -0.05) is 18.0 Å². The van der Waals surface area contributed by atoms with Gasteiger partial charge in [0.1, 0.15) is 24.4 Å². The van der Waals surface area contributed by atoms with Crippen LogP contribution in [-0.2, 0) is 34.3 Å². The molecule has 2 atom stereocenters. The van der Waals surface area contributed by atoms with Gasteiger partial charge >= 0.3 is 46.0 Å². The average molecular weight is 572 g/mol. The number of oxime groups is 1. The normalized spacial score (nSPS) is 20.2. The second-order valence-corrected chi connectivity index (χ2v) is 10.0. The Kier molecular flexibility index (Phi) is 11.1. The molecule has 2 aliphatic rings. The maximum Gasteiger partial charge on any atom is 1.00 e. The molecule has 0 bridgehead atoms. The number of β-lactam (4-membered cyclic amide) rings is 1. The Morgan fingerprint density at radius 1 is 1.27 bits per heavy atom. The topological polar surface area (TPSA) is 237 Å². The van der Waals surface area contributed by atoms with Gasteiger partial charge in [0.25, 0.3) is 17.7 Å². The standard InChI is InChI=1S/C18H25N7O9S2.Na.H/c19-17-21-10(9-35-17)13(23-34-8-12(26)24-5-3-1-2-4-6-24)15(27)22-14-11(7-33-18(20)29)25(16(14)28)36(30,31)32;;/h9,11,14H,1-8H2,(H2,19,21)(H2,20,29)(H,22,27)(H,30,31,32);;/q;+1;-1/b23-13-;;/t11-,14+;;/m1../s1. The van der Waals surface area contributed by atoms with E-state index >= 15 is 0 Å². The fourth-order valence-corrected chi connectivity index (χ4v) is 5.08. The van der Waals surface area contributed by atoms with Crippen LogP contribution in [0.3, 0.4) is 0 Å².